The number of benzene rings is 1. The molecule has 1 aliphatic rings. The van der Waals surface area contributed by atoms with Crippen LogP contribution in [-0.4, -0.2) is 32.4 Å². The predicted octanol–water partition coefficient (Wildman–Crippen LogP) is 1.70. The maximum absolute atomic E-state index is 13.7. The van der Waals surface area contributed by atoms with E-state index >= 15 is 0 Å². The maximum Gasteiger partial charge on any atom is 0.247 e. The monoisotopic (exact) mass is 354 g/mol. The number of nitrogens with zero attached hydrogens (tertiary/aromatic N) is 1. The van der Waals surface area contributed by atoms with Gasteiger partial charge in [0.1, 0.15) is 16.5 Å². The summed E-state index contributed by atoms with van der Waals surface area (Å²) in [6.45, 7) is 0.953. The highest BCUT2D eigenvalue weighted by Crippen LogP contribution is 2.31. The van der Waals surface area contributed by atoms with E-state index in [1.807, 2.05) is 0 Å². The first-order valence-corrected chi connectivity index (χ1v) is 7.94. The molecule has 0 aliphatic carbocycles. The summed E-state index contributed by atoms with van der Waals surface area (Å²) in [7, 11) is -3.97. The van der Waals surface area contributed by atoms with Crippen LogP contribution >= 0.6 is 15.9 Å². The van der Waals surface area contributed by atoms with Gasteiger partial charge in [0.2, 0.25) is 10.0 Å². The average molecular weight is 355 g/mol. The fourth-order valence-electron chi connectivity index (χ4n) is 2.11. The predicted molar refractivity (Wildman–Crippen MR) is 70.0 cm³/mol. The largest absolute Gasteiger partial charge is 0.330 e. The van der Waals surface area contributed by atoms with Crippen LogP contribution in [0.15, 0.2) is 21.5 Å². The van der Waals surface area contributed by atoms with E-state index in [9.17, 15) is 17.2 Å². The molecule has 1 heterocycles. The first-order valence-electron chi connectivity index (χ1n) is 5.71. The van der Waals surface area contributed by atoms with Gasteiger partial charge in [0.05, 0.1) is 0 Å². The van der Waals surface area contributed by atoms with E-state index in [1.165, 1.54) is 4.31 Å². The zero-order valence-corrected chi connectivity index (χ0v) is 12.3. The van der Waals surface area contributed by atoms with Crippen molar-refractivity contribution < 1.29 is 17.2 Å². The van der Waals surface area contributed by atoms with Crippen molar-refractivity contribution in [2.24, 2.45) is 11.7 Å². The second-order valence-electron chi connectivity index (χ2n) is 4.45. The van der Waals surface area contributed by atoms with Crippen molar-refractivity contribution in [3.63, 3.8) is 0 Å². The van der Waals surface area contributed by atoms with Crippen LogP contribution in [0.1, 0.15) is 6.42 Å². The molecule has 0 amide bonds. The molecule has 0 bridgehead atoms. The Morgan fingerprint density at radius 1 is 1.42 bits per heavy atom. The fourth-order valence-corrected chi connectivity index (χ4v) is 4.76. The Labute approximate surface area is 118 Å². The molecule has 0 spiro atoms. The lowest BCUT2D eigenvalue weighted by molar-refractivity contribution is 0.451. The molecule has 0 saturated carbocycles. The Hall–Kier alpha value is -0.570. The molecule has 1 aromatic carbocycles. The van der Waals surface area contributed by atoms with Crippen LogP contribution in [0.3, 0.4) is 0 Å². The summed E-state index contributed by atoms with van der Waals surface area (Å²) >= 11 is 2.90. The van der Waals surface area contributed by atoms with Crippen LogP contribution in [0, 0.1) is 17.6 Å². The lowest BCUT2D eigenvalue weighted by Crippen LogP contribution is -2.31. The van der Waals surface area contributed by atoms with Gasteiger partial charge in [-0.15, -0.1) is 0 Å². The number of halogens is 3. The third-order valence-corrected chi connectivity index (χ3v) is 5.97. The minimum absolute atomic E-state index is 0.0806. The van der Waals surface area contributed by atoms with Crippen molar-refractivity contribution in [2.45, 2.75) is 11.3 Å². The van der Waals surface area contributed by atoms with E-state index in [0.29, 0.717) is 25.6 Å². The summed E-state index contributed by atoms with van der Waals surface area (Å²) in [6, 6.07) is 1.50. The molecule has 0 aromatic heterocycles. The van der Waals surface area contributed by atoms with E-state index in [2.05, 4.69) is 15.9 Å². The van der Waals surface area contributed by atoms with Crippen LogP contribution in [-0.2, 0) is 10.0 Å². The topological polar surface area (TPSA) is 63.4 Å². The number of hydrogen-bond acceptors (Lipinski definition) is 3. The summed E-state index contributed by atoms with van der Waals surface area (Å²) in [5, 5.41) is 0. The Kier molecular flexibility index (Phi) is 4.24. The Bertz CT molecular complexity index is 571. The molecule has 1 aliphatic heterocycles. The summed E-state index contributed by atoms with van der Waals surface area (Å²) in [4.78, 5) is -0.522. The van der Waals surface area contributed by atoms with E-state index in [4.69, 9.17) is 5.73 Å². The standard InChI is InChI=1S/C11H13BrF2N2O2S/c12-9-3-8(13)4-10(14)11(9)19(17,18)16-2-1-7(5-15)6-16/h3-4,7H,1-2,5-6,15H2. The van der Waals surface area contributed by atoms with Gasteiger partial charge in [-0.1, -0.05) is 0 Å². The number of rotatable bonds is 3. The lowest BCUT2D eigenvalue weighted by Gasteiger charge is -2.17. The van der Waals surface area contributed by atoms with E-state index in [1.54, 1.807) is 0 Å². The second-order valence-corrected chi connectivity index (χ2v) is 7.18. The summed E-state index contributed by atoms with van der Waals surface area (Å²) in [6.07, 6.45) is 0.649. The van der Waals surface area contributed by atoms with E-state index < -0.39 is 26.6 Å². The molecule has 4 nitrogen and oxygen atoms in total. The van der Waals surface area contributed by atoms with Gasteiger partial charge in [0.15, 0.2) is 0 Å². The molecule has 2 N–H and O–H groups in total. The first kappa shape index (κ1) is 14.8. The van der Waals surface area contributed by atoms with Crippen LogP contribution in [0.4, 0.5) is 8.78 Å². The van der Waals surface area contributed by atoms with Gasteiger partial charge in [-0.05, 0) is 40.9 Å². The SMILES string of the molecule is NCC1CCN(S(=O)(=O)c2c(F)cc(F)cc2Br)C1. The highest BCUT2D eigenvalue weighted by Gasteiger charge is 2.35. The molecule has 1 atom stereocenters. The van der Waals surface area contributed by atoms with Crippen molar-refractivity contribution >= 4 is 26.0 Å². The smallest absolute Gasteiger partial charge is 0.247 e. The van der Waals surface area contributed by atoms with Crippen molar-refractivity contribution in [2.75, 3.05) is 19.6 Å². The van der Waals surface area contributed by atoms with Gasteiger partial charge < -0.3 is 5.73 Å². The summed E-state index contributed by atoms with van der Waals surface area (Å²) < 4.78 is 52.5. The van der Waals surface area contributed by atoms with Gasteiger partial charge in [-0.3, -0.25) is 0 Å². The third kappa shape index (κ3) is 2.81. The molecule has 19 heavy (non-hydrogen) atoms. The first-order chi connectivity index (χ1) is 8.86. The lowest BCUT2D eigenvalue weighted by atomic mass is 10.1. The average Bonchev–Trinajstić information content (AvgIpc) is 2.75. The molecular formula is C11H13BrF2N2O2S. The molecule has 1 aromatic rings. The summed E-state index contributed by atoms with van der Waals surface area (Å²) in [5.74, 6) is -1.84. The second kappa shape index (κ2) is 5.43. The Morgan fingerprint density at radius 2 is 2.11 bits per heavy atom. The van der Waals surface area contributed by atoms with Crippen molar-refractivity contribution in [3.05, 3.63) is 28.2 Å². The van der Waals surface area contributed by atoms with Gasteiger partial charge in [0.25, 0.3) is 0 Å². The van der Waals surface area contributed by atoms with Gasteiger partial charge in [-0.25, -0.2) is 17.2 Å². The normalized spacial score (nSPS) is 20.9. The molecule has 1 saturated heterocycles. The van der Waals surface area contributed by atoms with Crippen LogP contribution < -0.4 is 5.73 Å². The molecule has 8 heteroatoms. The molecule has 106 valence electrons. The molecule has 0 radical (unpaired) electrons. The van der Waals surface area contributed by atoms with Crippen LogP contribution in [0.2, 0.25) is 0 Å². The minimum Gasteiger partial charge on any atom is -0.330 e. The zero-order valence-electron chi connectivity index (χ0n) is 9.94. The van der Waals surface area contributed by atoms with E-state index in [0.717, 1.165) is 6.07 Å². The molecular weight excluding hydrogens is 342 g/mol. The third-order valence-electron chi connectivity index (χ3n) is 3.14. The Balaban J connectivity index is 2.41. The fraction of sp³-hybridized carbons (Fsp3) is 0.455. The minimum atomic E-state index is -3.97. The molecule has 2 rings (SSSR count). The van der Waals surface area contributed by atoms with Gasteiger partial charge in [-0.2, -0.15) is 4.31 Å². The highest BCUT2D eigenvalue weighted by molar-refractivity contribution is 9.10. The van der Waals surface area contributed by atoms with Crippen LogP contribution in [0.25, 0.3) is 0 Å². The summed E-state index contributed by atoms with van der Waals surface area (Å²) in [5.41, 5.74) is 5.50. The van der Waals surface area contributed by atoms with E-state index in [-0.39, 0.29) is 16.9 Å². The van der Waals surface area contributed by atoms with Crippen molar-refractivity contribution in [1.82, 2.24) is 4.31 Å². The Morgan fingerprint density at radius 3 is 2.63 bits per heavy atom. The number of sulfonamides is 1. The maximum atomic E-state index is 13.7. The van der Waals surface area contributed by atoms with Crippen molar-refractivity contribution in [1.29, 1.82) is 0 Å². The number of nitrogens with two attached hydrogens (primary N) is 1. The van der Waals surface area contributed by atoms with Crippen LogP contribution in [0.5, 0.6) is 0 Å². The quantitative estimate of drug-likeness (QED) is 0.898. The number of hydrogen-bond donors (Lipinski definition) is 1. The zero-order chi connectivity index (χ0) is 14.2. The van der Waals surface area contributed by atoms with Crippen molar-refractivity contribution in [3.8, 4) is 0 Å². The molecule has 1 unspecified atom stereocenters. The van der Waals surface area contributed by atoms with Gasteiger partial charge in [0, 0.05) is 23.6 Å². The van der Waals surface area contributed by atoms with Gasteiger partial charge >= 0.3 is 0 Å². The highest BCUT2D eigenvalue weighted by atomic mass is 79.9. The molecule has 1 fully saturated rings.